The van der Waals surface area contributed by atoms with E-state index in [-0.39, 0.29) is 0 Å². The molecule has 0 atom stereocenters. The summed E-state index contributed by atoms with van der Waals surface area (Å²) in [5, 5.41) is 1.01. The predicted octanol–water partition coefficient (Wildman–Crippen LogP) is 4.07. The Morgan fingerprint density at radius 3 is 2.35 bits per heavy atom. The van der Waals surface area contributed by atoms with Crippen LogP contribution in [-0.4, -0.2) is 4.98 Å². The monoisotopic (exact) mass is 268 g/mol. The Morgan fingerprint density at radius 1 is 1.12 bits per heavy atom. The van der Waals surface area contributed by atoms with E-state index in [2.05, 4.69) is 4.98 Å². The van der Waals surface area contributed by atoms with Gasteiger partial charge < -0.3 is 10.5 Å². The van der Waals surface area contributed by atoms with E-state index in [1.807, 2.05) is 6.92 Å². The fourth-order valence-corrected chi connectivity index (χ4v) is 1.79. The Morgan fingerprint density at radius 2 is 1.76 bits per heavy atom. The van der Waals surface area contributed by atoms with Crippen molar-refractivity contribution in [1.82, 2.24) is 4.98 Å². The second-order valence-electron chi connectivity index (χ2n) is 3.59. The lowest BCUT2D eigenvalue weighted by Crippen LogP contribution is -1.94. The molecule has 0 bridgehead atoms. The summed E-state index contributed by atoms with van der Waals surface area (Å²) in [6.45, 7) is 1.88. The number of pyridine rings is 1. The SMILES string of the molecule is Cc1cnc(Oc2cc(Cl)cc(Cl)c2)cc1N. The number of nitrogen functional groups attached to an aromatic ring is 1. The largest absolute Gasteiger partial charge is 0.439 e. The van der Waals surface area contributed by atoms with Crippen molar-refractivity contribution >= 4 is 28.9 Å². The number of benzene rings is 1. The average Bonchev–Trinajstić information content (AvgIpc) is 2.22. The maximum absolute atomic E-state index is 5.86. The number of hydrogen-bond acceptors (Lipinski definition) is 3. The summed E-state index contributed by atoms with van der Waals surface area (Å²) < 4.78 is 5.52. The van der Waals surface area contributed by atoms with Crippen molar-refractivity contribution in [1.29, 1.82) is 0 Å². The number of aryl methyl sites for hydroxylation is 1. The van der Waals surface area contributed by atoms with Gasteiger partial charge >= 0.3 is 0 Å². The molecule has 0 amide bonds. The Bertz CT molecular complexity index is 538. The van der Waals surface area contributed by atoms with Crippen molar-refractivity contribution in [3.05, 3.63) is 46.1 Å². The lowest BCUT2D eigenvalue weighted by Gasteiger charge is -2.07. The quantitative estimate of drug-likeness (QED) is 0.893. The van der Waals surface area contributed by atoms with Crippen molar-refractivity contribution < 1.29 is 4.74 Å². The van der Waals surface area contributed by atoms with Gasteiger partial charge in [-0.15, -0.1) is 0 Å². The first-order valence-electron chi connectivity index (χ1n) is 4.90. The molecule has 0 spiro atoms. The number of ether oxygens (including phenoxy) is 1. The summed E-state index contributed by atoms with van der Waals surface area (Å²) in [4.78, 5) is 4.11. The second-order valence-corrected chi connectivity index (χ2v) is 4.46. The summed E-state index contributed by atoms with van der Waals surface area (Å²) in [6.07, 6.45) is 1.65. The molecule has 0 saturated heterocycles. The Kier molecular flexibility index (Phi) is 3.41. The molecular formula is C12H10Cl2N2O. The van der Waals surface area contributed by atoms with Gasteiger partial charge in [-0.1, -0.05) is 23.2 Å². The van der Waals surface area contributed by atoms with Gasteiger partial charge in [-0.25, -0.2) is 4.98 Å². The van der Waals surface area contributed by atoms with Crippen LogP contribution in [0.2, 0.25) is 10.0 Å². The zero-order valence-electron chi connectivity index (χ0n) is 9.08. The number of halogens is 2. The highest BCUT2D eigenvalue weighted by atomic mass is 35.5. The van der Waals surface area contributed by atoms with Crippen LogP contribution in [0, 0.1) is 6.92 Å². The zero-order valence-corrected chi connectivity index (χ0v) is 10.6. The van der Waals surface area contributed by atoms with Gasteiger partial charge in [0.2, 0.25) is 5.88 Å². The van der Waals surface area contributed by atoms with Crippen LogP contribution in [0.15, 0.2) is 30.5 Å². The van der Waals surface area contributed by atoms with E-state index in [4.69, 9.17) is 33.7 Å². The molecule has 0 aliphatic rings. The van der Waals surface area contributed by atoms with E-state index < -0.39 is 0 Å². The molecule has 0 fully saturated rings. The van der Waals surface area contributed by atoms with Crippen LogP contribution in [0.25, 0.3) is 0 Å². The summed E-state index contributed by atoms with van der Waals surface area (Å²) in [5.74, 6) is 0.935. The zero-order chi connectivity index (χ0) is 12.4. The van der Waals surface area contributed by atoms with Gasteiger partial charge in [0.05, 0.1) is 0 Å². The van der Waals surface area contributed by atoms with E-state index in [9.17, 15) is 0 Å². The van der Waals surface area contributed by atoms with Crippen molar-refractivity contribution in [3.8, 4) is 11.6 Å². The van der Waals surface area contributed by atoms with Gasteiger partial charge in [0.25, 0.3) is 0 Å². The molecule has 3 nitrogen and oxygen atoms in total. The Balaban J connectivity index is 2.28. The summed E-state index contributed by atoms with van der Waals surface area (Å²) in [7, 11) is 0. The van der Waals surface area contributed by atoms with Crippen LogP contribution in [0.4, 0.5) is 5.69 Å². The number of anilines is 1. The summed E-state index contributed by atoms with van der Waals surface area (Å²) in [6, 6.07) is 6.60. The standard InChI is InChI=1S/C12H10Cl2N2O/c1-7-6-16-12(5-11(7)15)17-10-3-8(13)2-9(14)4-10/h2-6H,1H3,(H2,15,16). The highest BCUT2D eigenvalue weighted by molar-refractivity contribution is 6.34. The third kappa shape index (κ3) is 3.02. The molecule has 2 aromatic rings. The van der Waals surface area contributed by atoms with E-state index in [1.165, 1.54) is 0 Å². The fraction of sp³-hybridized carbons (Fsp3) is 0.0833. The minimum absolute atomic E-state index is 0.409. The van der Waals surface area contributed by atoms with Gasteiger partial charge in [-0.3, -0.25) is 0 Å². The first-order valence-corrected chi connectivity index (χ1v) is 5.66. The van der Waals surface area contributed by atoms with E-state index in [1.54, 1.807) is 30.5 Å². The highest BCUT2D eigenvalue weighted by Crippen LogP contribution is 2.28. The molecule has 17 heavy (non-hydrogen) atoms. The molecule has 0 radical (unpaired) electrons. The smallest absolute Gasteiger partial charge is 0.221 e. The molecule has 1 aromatic carbocycles. The number of aromatic nitrogens is 1. The lowest BCUT2D eigenvalue weighted by molar-refractivity contribution is 0.463. The molecular weight excluding hydrogens is 259 g/mol. The second kappa shape index (κ2) is 4.82. The van der Waals surface area contributed by atoms with Gasteiger partial charge in [-0.05, 0) is 30.7 Å². The van der Waals surface area contributed by atoms with Crippen molar-refractivity contribution in [2.45, 2.75) is 6.92 Å². The summed E-state index contributed by atoms with van der Waals surface area (Å²) in [5.41, 5.74) is 7.29. The predicted molar refractivity (Wildman–Crippen MR) is 69.9 cm³/mol. The first kappa shape index (κ1) is 12.0. The average molecular weight is 269 g/mol. The fourth-order valence-electron chi connectivity index (χ4n) is 1.28. The lowest BCUT2D eigenvalue weighted by atomic mass is 10.3. The molecule has 88 valence electrons. The van der Waals surface area contributed by atoms with E-state index in [0.29, 0.717) is 27.4 Å². The summed E-state index contributed by atoms with van der Waals surface area (Å²) >= 11 is 11.7. The number of nitrogens with two attached hydrogens (primary N) is 1. The van der Waals surface area contributed by atoms with Crippen LogP contribution in [0.1, 0.15) is 5.56 Å². The molecule has 0 aliphatic heterocycles. The van der Waals surface area contributed by atoms with Crippen molar-refractivity contribution in [2.75, 3.05) is 5.73 Å². The number of nitrogens with zero attached hydrogens (tertiary/aromatic N) is 1. The van der Waals surface area contributed by atoms with Gasteiger partial charge in [0, 0.05) is 28.0 Å². The van der Waals surface area contributed by atoms with Crippen LogP contribution >= 0.6 is 23.2 Å². The molecule has 0 aliphatic carbocycles. The maximum atomic E-state index is 5.86. The number of hydrogen-bond donors (Lipinski definition) is 1. The molecule has 1 aromatic heterocycles. The third-order valence-electron chi connectivity index (χ3n) is 2.18. The number of rotatable bonds is 2. The Labute approximate surface area is 109 Å². The van der Waals surface area contributed by atoms with E-state index in [0.717, 1.165) is 5.56 Å². The molecule has 2 rings (SSSR count). The molecule has 1 heterocycles. The van der Waals surface area contributed by atoms with Crippen LogP contribution in [-0.2, 0) is 0 Å². The Hall–Kier alpha value is -1.45. The maximum Gasteiger partial charge on any atom is 0.221 e. The van der Waals surface area contributed by atoms with Gasteiger partial charge in [0.15, 0.2) is 0 Å². The minimum atomic E-state index is 0.409. The minimum Gasteiger partial charge on any atom is -0.439 e. The molecule has 0 unspecified atom stereocenters. The van der Waals surface area contributed by atoms with Gasteiger partial charge in [0.1, 0.15) is 5.75 Å². The third-order valence-corrected chi connectivity index (χ3v) is 2.61. The van der Waals surface area contributed by atoms with E-state index >= 15 is 0 Å². The first-order chi connectivity index (χ1) is 8.04. The van der Waals surface area contributed by atoms with Crippen LogP contribution in [0.5, 0.6) is 11.6 Å². The van der Waals surface area contributed by atoms with Gasteiger partial charge in [-0.2, -0.15) is 0 Å². The van der Waals surface area contributed by atoms with Crippen molar-refractivity contribution in [2.24, 2.45) is 0 Å². The van der Waals surface area contributed by atoms with Crippen molar-refractivity contribution in [3.63, 3.8) is 0 Å². The molecule has 5 heteroatoms. The topological polar surface area (TPSA) is 48.1 Å². The normalized spacial score (nSPS) is 10.3. The molecule has 0 saturated carbocycles. The van der Waals surface area contributed by atoms with Crippen LogP contribution in [0.3, 0.4) is 0 Å². The molecule has 2 N–H and O–H groups in total. The van der Waals surface area contributed by atoms with Crippen LogP contribution < -0.4 is 10.5 Å². The highest BCUT2D eigenvalue weighted by Gasteiger charge is 2.03.